The summed E-state index contributed by atoms with van der Waals surface area (Å²) >= 11 is 6.30. The predicted octanol–water partition coefficient (Wildman–Crippen LogP) is 2.12. The third-order valence-electron chi connectivity index (χ3n) is 4.81. The summed E-state index contributed by atoms with van der Waals surface area (Å²) in [7, 11) is 1.66. The van der Waals surface area contributed by atoms with Gasteiger partial charge in [0.05, 0.1) is 35.4 Å². The highest BCUT2D eigenvalue weighted by Gasteiger charge is 2.37. The Bertz CT molecular complexity index is 892. The van der Waals surface area contributed by atoms with Crippen LogP contribution in [0.25, 0.3) is 10.9 Å². The van der Waals surface area contributed by atoms with Gasteiger partial charge in [0, 0.05) is 37.3 Å². The Morgan fingerprint density at radius 2 is 2.32 bits per heavy atom. The number of carbonyl (C=O) groups is 1. The van der Waals surface area contributed by atoms with Crippen molar-refractivity contribution < 1.29 is 9.53 Å². The molecule has 8 heteroatoms. The van der Waals surface area contributed by atoms with Crippen molar-refractivity contribution in [3.8, 4) is 0 Å². The van der Waals surface area contributed by atoms with E-state index in [9.17, 15) is 4.79 Å². The summed E-state index contributed by atoms with van der Waals surface area (Å²) in [5.41, 5.74) is 2.66. The molecule has 130 valence electrons. The van der Waals surface area contributed by atoms with Crippen molar-refractivity contribution in [1.29, 1.82) is 0 Å². The van der Waals surface area contributed by atoms with E-state index >= 15 is 0 Å². The number of fused-ring (bicyclic) bond motifs is 1. The summed E-state index contributed by atoms with van der Waals surface area (Å²) in [5.74, 6) is 0.0770. The molecule has 2 N–H and O–H groups in total. The van der Waals surface area contributed by atoms with Crippen molar-refractivity contribution in [2.24, 2.45) is 0 Å². The predicted molar refractivity (Wildman–Crippen MR) is 93.5 cm³/mol. The second-order valence-corrected chi connectivity index (χ2v) is 6.63. The first-order valence-corrected chi connectivity index (χ1v) is 8.46. The average Bonchev–Trinajstić information content (AvgIpc) is 3.34. The van der Waals surface area contributed by atoms with Crippen molar-refractivity contribution in [3.63, 3.8) is 0 Å². The molecule has 3 heterocycles. The molecule has 1 amide bonds. The van der Waals surface area contributed by atoms with Crippen molar-refractivity contribution in [1.82, 2.24) is 25.3 Å². The lowest BCUT2D eigenvalue weighted by atomic mass is 10.0. The van der Waals surface area contributed by atoms with E-state index in [1.54, 1.807) is 13.3 Å². The van der Waals surface area contributed by atoms with Crippen LogP contribution in [-0.4, -0.2) is 57.5 Å². The fourth-order valence-electron chi connectivity index (χ4n) is 3.51. The van der Waals surface area contributed by atoms with Crippen LogP contribution in [-0.2, 0) is 16.0 Å². The topological polar surface area (TPSA) is 86.9 Å². The Labute approximate surface area is 149 Å². The number of benzene rings is 1. The van der Waals surface area contributed by atoms with Gasteiger partial charge in [0.25, 0.3) is 0 Å². The number of ether oxygens (including phenoxy) is 1. The van der Waals surface area contributed by atoms with Crippen LogP contribution >= 0.6 is 11.6 Å². The zero-order chi connectivity index (χ0) is 17.4. The number of aromatic nitrogens is 4. The van der Waals surface area contributed by atoms with E-state index in [1.165, 1.54) is 0 Å². The zero-order valence-electron chi connectivity index (χ0n) is 13.7. The Kier molecular flexibility index (Phi) is 4.19. The van der Waals surface area contributed by atoms with E-state index < -0.39 is 0 Å². The number of halogens is 1. The Balaban J connectivity index is 1.53. The summed E-state index contributed by atoms with van der Waals surface area (Å²) in [4.78, 5) is 17.8. The molecule has 0 unspecified atom stereocenters. The molecule has 1 aromatic carbocycles. The van der Waals surface area contributed by atoms with E-state index in [0.29, 0.717) is 24.5 Å². The third-order valence-corrected chi connectivity index (χ3v) is 5.13. The first-order valence-electron chi connectivity index (χ1n) is 8.08. The summed E-state index contributed by atoms with van der Waals surface area (Å²) in [6, 6.07) is 5.68. The number of nitrogens with one attached hydrogen (secondary N) is 2. The lowest BCUT2D eigenvalue weighted by Gasteiger charge is -2.15. The number of aromatic amines is 2. The normalized spacial score (nSPS) is 20.5. The van der Waals surface area contributed by atoms with Gasteiger partial charge in [0.15, 0.2) is 0 Å². The molecule has 0 saturated carbocycles. The van der Waals surface area contributed by atoms with Gasteiger partial charge in [-0.1, -0.05) is 17.7 Å². The molecule has 1 aliphatic heterocycles. The highest BCUT2D eigenvalue weighted by Crippen LogP contribution is 2.30. The van der Waals surface area contributed by atoms with E-state index in [0.717, 1.165) is 22.2 Å². The molecule has 0 aliphatic carbocycles. The highest BCUT2D eigenvalue weighted by molar-refractivity contribution is 6.35. The zero-order valence-corrected chi connectivity index (χ0v) is 14.5. The van der Waals surface area contributed by atoms with Crippen LogP contribution in [0.3, 0.4) is 0 Å². The maximum absolute atomic E-state index is 12.8. The fraction of sp³-hybridized carbons (Fsp3) is 0.353. The molecule has 25 heavy (non-hydrogen) atoms. The molecular weight excluding hydrogens is 342 g/mol. The number of hydrogen-bond acceptors (Lipinski definition) is 4. The molecule has 0 bridgehead atoms. The molecule has 7 nitrogen and oxygen atoms in total. The number of carbonyl (C=O) groups excluding carboxylic acids is 1. The second kappa shape index (κ2) is 6.50. The maximum atomic E-state index is 12.8. The van der Waals surface area contributed by atoms with E-state index in [2.05, 4.69) is 20.4 Å². The standard InChI is InChI=1S/C17H18ClN5O2/c1-25-15-9-23(8-11(15)14-7-20-22-21-14)16(24)5-10-6-19-13-4-2-3-12(18)17(10)13/h2-4,6-7,11,15,19H,5,8-9H2,1H3,(H,20,21,22)/t11-,15+/m0/s1. The maximum Gasteiger partial charge on any atom is 0.227 e. The number of methoxy groups -OCH3 is 1. The molecule has 3 aromatic rings. The van der Waals surface area contributed by atoms with Crippen LogP contribution in [0.1, 0.15) is 17.2 Å². The van der Waals surface area contributed by atoms with Crippen LogP contribution in [0.15, 0.2) is 30.6 Å². The average molecular weight is 360 g/mol. The monoisotopic (exact) mass is 359 g/mol. The van der Waals surface area contributed by atoms with Gasteiger partial charge in [-0.15, -0.1) is 0 Å². The number of H-pyrrole nitrogens is 2. The fourth-order valence-corrected chi connectivity index (χ4v) is 3.81. The van der Waals surface area contributed by atoms with E-state index in [-0.39, 0.29) is 17.9 Å². The SMILES string of the molecule is CO[C@@H]1CN(C(=O)Cc2c[nH]c3cccc(Cl)c23)C[C@H]1c1cn[nH]n1. The minimum Gasteiger partial charge on any atom is -0.379 e. The van der Waals surface area contributed by atoms with E-state index in [1.807, 2.05) is 29.3 Å². The van der Waals surface area contributed by atoms with Crippen LogP contribution in [0.2, 0.25) is 5.02 Å². The number of nitrogens with zero attached hydrogens (tertiary/aromatic N) is 3. The van der Waals surface area contributed by atoms with Gasteiger partial charge < -0.3 is 14.6 Å². The summed E-state index contributed by atoms with van der Waals surface area (Å²) in [6.07, 6.45) is 3.75. The first-order chi connectivity index (χ1) is 12.2. The molecule has 4 rings (SSSR count). The summed E-state index contributed by atoms with van der Waals surface area (Å²) in [5, 5.41) is 12.2. The Morgan fingerprint density at radius 3 is 3.08 bits per heavy atom. The first kappa shape index (κ1) is 16.1. The largest absolute Gasteiger partial charge is 0.379 e. The van der Waals surface area contributed by atoms with Crippen molar-refractivity contribution in [2.45, 2.75) is 18.4 Å². The second-order valence-electron chi connectivity index (χ2n) is 6.23. The molecule has 1 fully saturated rings. The lowest BCUT2D eigenvalue weighted by molar-refractivity contribution is -0.129. The van der Waals surface area contributed by atoms with Crippen LogP contribution in [0.5, 0.6) is 0 Å². The molecular formula is C17H18ClN5O2. The number of rotatable bonds is 4. The quantitative estimate of drug-likeness (QED) is 0.747. The molecule has 2 atom stereocenters. The van der Waals surface area contributed by atoms with Crippen LogP contribution < -0.4 is 0 Å². The molecule has 1 saturated heterocycles. The van der Waals surface area contributed by atoms with Gasteiger partial charge >= 0.3 is 0 Å². The molecule has 0 radical (unpaired) electrons. The number of hydrogen-bond donors (Lipinski definition) is 2. The smallest absolute Gasteiger partial charge is 0.227 e. The lowest BCUT2D eigenvalue weighted by Crippen LogP contribution is -2.31. The van der Waals surface area contributed by atoms with Gasteiger partial charge in [-0.05, 0) is 17.7 Å². The molecule has 0 spiro atoms. The molecule has 1 aliphatic rings. The van der Waals surface area contributed by atoms with Gasteiger partial charge in [-0.3, -0.25) is 4.79 Å². The van der Waals surface area contributed by atoms with Crippen molar-refractivity contribution in [3.05, 3.63) is 46.9 Å². The summed E-state index contributed by atoms with van der Waals surface area (Å²) < 4.78 is 5.55. The highest BCUT2D eigenvalue weighted by atomic mass is 35.5. The third kappa shape index (κ3) is 2.89. The Morgan fingerprint density at radius 1 is 1.44 bits per heavy atom. The van der Waals surface area contributed by atoms with Gasteiger partial charge in [-0.25, -0.2) is 0 Å². The van der Waals surface area contributed by atoms with E-state index in [4.69, 9.17) is 16.3 Å². The molecule has 2 aromatic heterocycles. The number of amides is 1. The summed E-state index contributed by atoms with van der Waals surface area (Å²) in [6.45, 7) is 1.11. The van der Waals surface area contributed by atoms with Crippen molar-refractivity contribution >= 4 is 28.4 Å². The Hall–Kier alpha value is -2.38. The minimum atomic E-state index is -0.0828. The van der Waals surface area contributed by atoms with Gasteiger partial charge in [0.1, 0.15) is 0 Å². The van der Waals surface area contributed by atoms with Crippen LogP contribution in [0.4, 0.5) is 0 Å². The van der Waals surface area contributed by atoms with Crippen LogP contribution in [0, 0.1) is 0 Å². The van der Waals surface area contributed by atoms with Gasteiger partial charge in [-0.2, -0.15) is 15.4 Å². The van der Waals surface area contributed by atoms with Gasteiger partial charge in [0.2, 0.25) is 5.91 Å². The number of likely N-dealkylation sites (tertiary alicyclic amines) is 1. The van der Waals surface area contributed by atoms with Crippen molar-refractivity contribution in [2.75, 3.05) is 20.2 Å². The minimum absolute atomic E-state index is 0.0271.